The van der Waals surface area contributed by atoms with Crippen LogP contribution in [0.5, 0.6) is 0 Å². The number of rotatable bonds is 4. The first kappa shape index (κ1) is 12.2. The van der Waals surface area contributed by atoms with Crippen molar-refractivity contribution in [3.05, 3.63) is 53.6 Å². The standard InChI is InChI=1S/C14H14N2O2/c1-10-3-5-11(6-4-10)13(17)7-14(18)12-8-16(2)9-15-12/h3-6,8-9H,7H2,1-2H3. The number of aromatic nitrogens is 2. The van der Waals surface area contributed by atoms with Gasteiger partial charge in [0.05, 0.1) is 12.7 Å². The smallest absolute Gasteiger partial charge is 0.190 e. The summed E-state index contributed by atoms with van der Waals surface area (Å²) in [4.78, 5) is 27.6. The van der Waals surface area contributed by atoms with Crippen LogP contribution in [0.3, 0.4) is 0 Å². The molecular formula is C14H14N2O2. The number of ketones is 2. The Morgan fingerprint density at radius 2 is 1.83 bits per heavy atom. The molecule has 0 aliphatic rings. The third-order valence-corrected chi connectivity index (χ3v) is 2.69. The zero-order valence-electron chi connectivity index (χ0n) is 10.4. The summed E-state index contributed by atoms with van der Waals surface area (Å²) in [6, 6.07) is 7.20. The maximum Gasteiger partial charge on any atom is 0.190 e. The largest absolute Gasteiger partial charge is 0.340 e. The quantitative estimate of drug-likeness (QED) is 0.610. The van der Waals surface area contributed by atoms with Gasteiger partial charge in [0.1, 0.15) is 5.69 Å². The average molecular weight is 242 g/mol. The molecule has 1 aromatic carbocycles. The van der Waals surface area contributed by atoms with E-state index < -0.39 is 0 Å². The molecule has 0 saturated heterocycles. The number of benzene rings is 1. The summed E-state index contributed by atoms with van der Waals surface area (Å²) in [5.74, 6) is -0.424. The minimum Gasteiger partial charge on any atom is -0.340 e. The van der Waals surface area contributed by atoms with Crippen molar-refractivity contribution in [1.82, 2.24) is 9.55 Å². The van der Waals surface area contributed by atoms with Crippen LogP contribution in [0.15, 0.2) is 36.8 Å². The van der Waals surface area contributed by atoms with Crippen molar-refractivity contribution in [3.8, 4) is 0 Å². The summed E-state index contributed by atoms with van der Waals surface area (Å²) in [5, 5.41) is 0. The van der Waals surface area contributed by atoms with Gasteiger partial charge in [0.2, 0.25) is 0 Å². The van der Waals surface area contributed by atoms with E-state index in [1.54, 1.807) is 36.3 Å². The third-order valence-electron chi connectivity index (χ3n) is 2.69. The van der Waals surface area contributed by atoms with E-state index >= 15 is 0 Å². The maximum atomic E-state index is 11.9. The van der Waals surface area contributed by atoms with Gasteiger partial charge in [-0.05, 0) is 6.92 Å². The van der Waals surface area contributed by atoms with Crippen LogP contribution in [-0.2, 0) is 7.05 Å². The molecule has 0 spiro atoms. The highest BCUT2D eigenvalue weighted by Crippen LogP contribution is 2.09. The molecule has 0 N–H and O–H groups in total. The van der Waals surface area contributed by atoms with Crippen molar-refractivity contribution in [2.45, 2.75) is 13.3 Å². The van der Waals surface area contributed by atoms with Crippen molar-refractivity contribution in [1.29, 1.82) is 0 Å². The number of nitrogens with zero attached hydrogens (tertiary/aromatic N) is 2. The second kappa shape index (κ2) is 4.96. The molecule has 0 radical (unpaired) electrons. The molecule has 92 valence electrons. The van der Waals surface area contributed by atoms with Crippen molar-refractivity contribution >= 4 is 11.6 Å². The van der Waals surface area contributed by atoms with E-state index in [-0.39, 0.29) is 18.0 Å². The summed E-state index contributed by atoms with van der Waals surface area (Å²) in [6.45, 7) is 1.95. The number of Topliss-reactive ketones (excluding diaryl/α,β-unsaturated/α-hetero) is 2. The van der Waals surface area contributed by atoms with Crippen molar-refractivity contribution in [2.24, 2.45) is 7.05 Å². The minimum absolute atomic E-state index is 0.139. The molecule has 0 unspecified atom stereocenters. The minimum atomic E-state index is -0.249. The molecule has 18 heavy (non-hydrogen) atoms. The summed E-state index contributed by atoms with van der Waals surface area (Å²) < 4.78 is 1.68. The fraction of sp³-hybridized carbons (Fsp3) is 0.214. The molecule has 1 aromatic heterocycles. The molecule has 0 aliphatic heterocycles. The Balaban J connectivity index is 2.08. The summed E-state index contributed by atoms with van der Waals surface area (Å²) in [6.07, 6.45) is 3.02. The van der Waals surface area contributed by atoms with Crippen LogP contribution >= 0.6 is 0 Å². The Bertz CT molecular complexity index is 582. The van der Waals surface area contributed by atoms with Crippen molar-refractivity contribution in [2.75, 3.05) is 0 Å². The van der Waals surface area contributed by atoms with Gasteiger partial charge in [-0.2, -0.15) is 0 Å². The zero-order chi connectivity index (χ0) is 13.1. The second-order valence-electron chi connectivity index (χ2n) is 4.31. The fourth-order valence-corrected chi connectivity index (χ4v) is 1.63. The van der Waals surface area contributed by atoms with Crippen LogP contribution in [0.2, 0.25) is 0 Å². The van der Waals surface area contributed by atoms with E-state index in [9.17, 15) is 9.59 Å². The SMILES string of the molecule is Cc1ccc(C(=O)CC(=O)c2cn(C)cn2)cc1. The monoisotopic (exact) mass is 242 g/mol. The Morgan fingerprint density at radius 3 is 2.39 bits per heavy atom. The van der Waals surface area contributed by atoms with Gasteiger partial charge in [0.15, 0.2) is 11.6 Å². The first-order valence-electron chi connectivity index (χ1n) is 5.67. The number of hydrogen-bond acceptors (Lipinski definition) is 3. The molecule has 0 bridgehead atoms. The van der Waals surface area contributed by atoms with E-state index in [1.165, 1.54) is 0 Å². The van der Waals surface area contributed by atoms with E-state index in [0.29, 0.717) is 11.3 Å². The lowest BCUT2D eigenvalue weighted by Gasteiger charge is -2.00. The first-order chi connectivity index (χ1) is 8.56. The Morgan fingerprint density at radius 1 is 1.17 bits per heavy atom. The van der Waals surface area contributed by atoms with Gasteiger partial charge < -0.3 is 4.57 Å². The number of carbonyl (C=O) groups excluding carboxylic acids is 2. The van der Waals surface area contributed by atoms with Crippen LogP contribution in [0.4, 0.5) is 0 Å². The number of aryl methyl sites for hydroxylation is 2. The maximum absolute atomic E-state index is 11.9. The van der Waals surface area contributed by atoms with Crippen molar-refractivity contribution < 1.29 is 9.59 Å². The van der Waals surface area contributed by atoms with E-state index in [0.717, 1.165) is 5.56 Å². The Hall–Kier alpha value is -2.23. The molecule has 0 atom stereocenters. The highest BCUT2D eigenvalue weighted by molar-refractivity contribution is 6.12. The molecule has 1 heterocycles. The van der Waals surface area contributed by atoms with Gasteiger partial charge in [-0.3, -0.25) is 9.59 Å². The molecule has 0 amide bonds. The van der Waals surface area contributed by atoms with Gasteiger partial charge in [0, 0.05) is 18.8 Å². The van der Waals surface area contributed by atoms with Gasteiger partial charge in [-0.15, -0.1) is 0 Å². The zero-order valence-corrected chi connectivity index (χ0v) is 10.4. The highest BCUT2D eigenvalue weighted by atomic mass is 16.1. The molecule has 2 aromatic rings. The molecule has 4 heteroatoms. The van der Waals surface area contributed by atoms with Gasteiger partial charge >= 0.3 is 0 Å². The van der Waals surface area contributed by atoms with E-state index in [4.69, 9.17) is 0 Å². The fourth-order valence-electron chi connectivity index (χ4n) is 1.63. The molecule has 0 aliphatic carbocycles. The van der Waals surface area contributed by atoms with Crippen LogP contribution in [-0.4, -0.2) is 21.1 Å². The molecule has 2 rings (SSSR count). The van der Waals surface area contributed by atoms with Crippen LogP contribution < -0.4 is 0 Å². The van der Waals surface area contributed by atoms with Crippen molar-refractivity contribution in [3.63, 3.8) is 0 Å². The summed E-state index contributed by atoms with van der Waals surface area (Å²) >= 11 is 0. The third kappa shape index (κ3) is 2.71. The van der Waals surface area contributed by atoms with Crippen LogP contribution in [0, 0.1) is 6.92 Å². The molecule has 0 fully saturated rings. The van der Waals surface area contributed by atoms with Gasteiger partial charge in [0.25, 0.3) is 0 Å². The lowest BCUT2D eigenvalue weighted by Crippen LogP contribution is -2.09. The topological polar surface area (TPSA) is 52.0 Å². The molecule has 0 saturated carbocycles. The lowest BCUT2D eigenvalue weighted by atomic mass is 10.0. The number of imidazole rings is 1. The second-order valence-corrected chi connectivity index (χ2v) is 4.31. The number of carbonyl (C=O) groups is 2. The van der Waals surface area contributed by atoms with E-state index in [1.807, 2.05) is 19.1 Å². The lowest BCUT2D eigenvalue weighted by molar-refractivity contribution is 0.0891. The van der Waals surface area contributed by atoms with Crippen LogP contribution in [0.1, 0.15) is 32.8 Å². The molecule has 4 nitrogen and oxygen atoms in total. The Labute approximate surface area is 105 Å². The van der Waals surface area contributed by atoms with Gasteiger partial charge in [-0.1, -0.05) is 29.8 Å². The predicted octanol–water partition coefficient (Wildman–Crippen LogP) is 2.18. The first-order valence-corrected chi connectivity index (χ1v) is 5.67. The summed E-state index contributed by atoms with van der Waals surface area (Å²) in [7, 11) is 1.78. The molecular weight excluding hydrogens is 228 g/mol. The average Bonchev–Trinajstić information content (AvgIpc) is 2.76. The normalized spacial score (nSPS) is 10.3. The Kier molecular flexibility index (Phi) is 3.37. The highest BCUT2D eigenvalue weighted by Gasteiger charge is 2.15. The van der Waals surface area contributed by atoms with Crippen LogP contribution in [0.25, 0.3) is 0 Å². The summed E-state index contributed by atoms with van der Waals surface area (Å²) in [5.41, 5.74) is 1.98. The predicted molar refractivity (Wildman–Crippen MR) is 67.7 cm³/mol. The number of hydrogen-bond donors (Lipinski definition) is 0. The van der Waals surface area contributed by atoms with E-state index in [2.05, 4.69) is 4.98 Å². The van der Waals surface area contributed by atoms with Gasteiger partial charge in [-0.25, -0.2) is 4.98 Å².